The van der Waals surface area contributed by atoms with Crippen molar-refractivity contribution in [1.29, 1.82) is 0 Å². The summed E-state index contributed by atoms with van der Waals surface area (Å²) >= 11 is 0. The fourth-order valence-electron chi connectivity index (χ4n) is 4.70. The number of carbonyl (C=O) groups excluding carboxylic acids is 1. The number of fused-ring (bicyclic) bond motifs is 1. The molecule has 0 N–H and O–H groups in total. The van der Waals surface area contributed by atoms with E-state index in [-0.39, 0.29) is 11.9 Å². The van der Waals surface area contributed by atoms with Crippen LogP contribution in [-0.4, -0.2) is 37.8 Å². The quantitative estimate of drug-likeness (QED) is 0.771. The zero-order valence-electron chi connectivity index (χ0n) is 17.0. The third kappa shape index (κ3) is 3.96. The van der Waals surface area contributed by atoms with Gasteiger partial charge in [0.25, 0.3) is 0 Å². The van der Waals surface area contributed by atoms with Crippen LogP contribution in [0.5, 0.6) is 0 Å². The van der Waals surface area contributed by atoms with Crippen molar-refractivity contribution >= 4 is 21.6 Å². The van der Waals surface area contributed by atoms with Crippen molar-refractivity contribution in [3.63, 3.8) is 0 Å². The topological polar surface area (TPSA) is 57.7 Å². The van der Waals surface area contributed by atoms with Crippen molar-refractivity contribution in [2.24, 2.45) is 5.92 Å². The predicted octanol–water partition coefficient (Wildman–Crippen LogP) is 3.63. The average Bonchev–Trinajstić information content (AvgIpc) is 3.04. The van der Waals surface area contributed by atoms with Crippen molar-refractivity contribution in [2.75, 3.05) is 18.0 Å². The molecule has 2 aliphatic heterocycles. The van der Waals surface area contributed by atoms with Crippen LogP contribution in [0.2, 0.25) is 0 Å². The number of piperidine rings is 1. The number of anilines is 1. The number of amides is 1. The zero-order valence-corrected chi connectivity index (χ0v) is 17.9. The first-order chi connectivity index (χ1) is 13.9. The Bertz CT molecular complexity index is 996. The van der Waals surface area contributed by atoms with E-state index in [0.29, 0.717) is 30.3 Å². The minimum atomic E-state index is -3.51. The van der Waals surface area contributed by atoms with Gasteiger partial charge < -0.3 is 4.90 Å². The Morgan fingerprint density at radius 1 is 1.07 bits per heavy atom. The lowest BCUT2D eigenvalue weighted by Crippen LogP contribution is -2.38. The Labute approximate surface area is 173 Å². The van der Waals surface area contributed by atoms with Gasteiger partial charge in [0, 0.05) is 31.7 Å². The van der Waals surface area contributed by atoms with Crippen LogP contribution in [0.25, 0.3) is 0 Å². The summed E-state index contributed by atoms with van der Waals surface area (Å²) in [5.41, 5.74) is 3.09. The maximum atomic E-state index is 13.2. The SMILES string of the molecule is CC(=O)N1c2ccc(S(=O)(=O)N3CCC(Cc4ccccc4)CC3)cc2CC1C. The van der Waals surface area contributed by atoms with Crippen LogP contribution in [-0.2, 0) is 27.7 Å². The van der Waals surface area contributed by atoms with Crippen LogP contribution < -0.4 is 4.90 Å². The summed E-state index contributed by atoms with van der Waals surface area (Å²) in [5, 5.41) is 0. The molecule has 0 aromatic heterocycles. The number of rotatable bonds is 4. The van der Waals surface area contributed by atoms with E-state index in [4.69, 9.17) is 0 Å². The number of carbonyl (C=O) groups is 1. The van der Waals surface area contributed by atoms with Gasteiger partial charge in [-0.1, -0.05) is 30.3 Å². The Morgan fingerprint density at radius 2 is 1.76 bits per heavy atom. The van der Waals surface area contributed by atoms with Crippen LogP contribution in [0.3, 0.4) is 0 Å². The summed E-state index contributed by atoms with van der Waals surface area (Å²) < 4.78 is 28.0. The molecule has 2 aromatic rings. The molecule has 1 saturated heterocycles. The third-order valence-corrected chi connectivity index (χ3v) is 8.08. The first-order valence-corrected chi connectivity index (χ1v) is 11.8. The molecule has 1 amide bonds. The highest BCUT2D eigenvalue weighted by Crippen LogP contribution is 2.35. The molecule has 5 nitrogen and oxygen atoms in total. The van der Waals surface area contributed by atoms with Crippen LogP contribution >= 0.6 is 0 Å². The fraction of sp³-hybridized carbons (Fsp3) is 0.435. The summed E-state index contributed by atoms with van der Waals surface area (Å²) in [6.45, 7) is 4.67. The molecule has 29 heavy (non-hydrogen) atoms. The highest BCUT2D eigenvalue weighted by molar-refractivity contribution is 7.89. The van der Waals surface area contributed by atoms with Crippen molar-refractivity contribution in [2.45, 2.75) is 50.5 Å². The Kier molecular flexibility index (Phi) is 5.49. The summed E-state index contributed by atoms with van der Waals surface area (Å²) in [6, 6.07) is 15.7. The van der Waals surface area contributed by atoms with E-state index >= 15 is 0 Å². The van der Waals surface area contributed by atoms with E-state index in [1.54, 1.807) is 34.3 Å². The molecular weight excluding hydrogens is 384 g/mol. The van der Waals surface area contributed by atoms with E-state index in [1.165, 1.54) is 5.56 Å². The number of hydrogen-bond donors (Lipinski definition) is 0. The van der Waals surface area contributed by atoms with Gasteiger partial charge in [0.2, 0.25) is 15.9 Å². The van der Waals surface area contributed by atoms with E-state index in [0.717, 1.165) is 30.5 Å². The highest BCUT2D eigenvalue weighted by Gasteiger charge is 2.33. The second kappa shape index (κ2) is 7.92. The molecule has 0 radical (unpaired) electrons. The molecule has 2 aliphatic rings. The largest absolute Gasteiger partial charge is 0.309 e. The summed E-state index contributed by atoms with van der Waals surface area (Å²) in [7, 11) is -3.51. The molecule has 1 unspecified atom stereocenters. The molecule has 0 saturated carbocycles. The van der Waals surface area contributed by atoms with Gasteiger partial charge in [-0.15, -0.1) is 0 Å². The molecule has 0 spiro atoms. The monoisotopic (exact) mass is 412 g/mol. The first-order valence-electron chi connectivity index (χ1n) is 10.3. The summed E-state index contributed by atoms with van der Waals surface area (Å²) in [4.78, 5) is 14.0. The molecule has 2 aromatic carbocycles. The maximum Gasteiger partial charge on any atom is 0.243 e. The first kappa shape index (κ1) is 20.1. The van der Waals surface area contributed by atoms with Crippen molar-refractivity contribution in [1.82, 2.24) is 4.31 Å². The lowest BCUT2D eigenvalue weighted by atomic mass is 9.91. The molecule has 1 fully saturated rings. The van der Waals surface area contributed by atoms with E-state index < -0.39 is 10.0 Å². The zero-order chi connectivity index (χ0) is 20.6. The van der Waals surface area contributed by atoms with Crippen molar-refractivity contribution in [3.8, 4) is 0 Å². The third-order valence-electron chi connectivity index (χ3n) is 6.18. The number of nitrogens with zero attached hydrogens (tertiary/aromatic N) is 2. The summed E-state index contributed by atoms with van der Waals surface area (Å²) in [6.07, 6.45) is 3.46. The predicted molar refractivity (Wildman–Crippen MR) is 114 cm³/mol. The van der Waals surface area contributed by atoms with E-state index in [2.05, 4.69) is 24.3 Å². The van der Waals surface area contributed by atoms with Gasteiger partial charge >= 0.3 is 0 Å². The molecule has 1 atom stereocenters. The molecule has 4 rings (SSSR count). The van der Waals surface area contributed by atoms with Crippen LogP contribution in [0.1, 0.15) is 37.8 Å². The maximum absolute atomic E-state index is 13.2. The Balaban J connectivity index is 1.46. The molecular formula is C23H28N2O3S. The van der Waals surface area contributed by atoms with Crippen LogP contribution in [0, 0.1) is 5.92 Å². The van der Waals surface area contributed by atoms with Gasteiger partial charge in [-0.2, -0.15) is 4.31 Å². The number of sulfonamides is 1. The van der Waals surface area contributed by atoms with Gasteiger partial charge in [0.1, 0.15) is 0 Å². The van der Waals surface area contributed by atoms with Gasteiger partial charge in [-0.25, -0.2) is 8.42 Å². The molecule has 2 heterocycles. The Hall–Kier alpha value is -2.18. The number of hydrogen-bond acceptors (Lipinski definition) is 3. The van der Waals surface area contributed by atoms with Crippen molar-refractivity contribution < 1.29 is 13.2 Å². The minimum absolute atomic E-state index is 0.00709. The molecule has 154 valence electrons. The fourth-order valence-corrected chi connectivity index (χ4v) is 6.22. The van der Waals surface area contributed by atoms with Gasteiger partial charge in [0.05, 0.1) is 4.90 Å². The smallest absolute Gasteiger partial charge is 0.243 e. The lowest BCUT2D eigenvalue weighted by molar-refractivity contribution is -0.116. The standard InChI is InChI=1S/C23H28N2O3S/c1-17-14-21-16-22(8-9-23(21)25(17)18(2)26)29(27,28)24-12-10-20(11-13-24)15-19-6-4-3-5-7-19/h3-9,16-17,20H,10-15H2,1-2H3. The summed E-state index contributed by atoms with van der Waals surface area (Å²) in [5.74, 6) is 0.515. The minimum Gasteiger partial charge on any atom is -0.309 e. The lowest BCUT2D eigenvalue weighted by Gasteiger charge is -2.31. The van der Waals surface area contributed by atoms with E-state index in [1.807, 2.05) is 13.0 Å². The van der Waals surface area contributed by atoms with Gasteiger partial charge in [0.15, 0.2) is 0 Å². The number of benzene rings is 2. The van der Waals surface area contributed by atoms with Crippen LogP contribution in [0.15, 0.2) is 53.4 Å². The van der Waals surface area contributed by atoms with E-state index in [9.17, 15) is 13.2 Å². The van der Waals surface area contributed by atoms with Gasteiger partial charge in [-0.05, 0) is 67.9 Å². The molecule has 0 aliphatic carbocycles. The second-order valence-corrected chi connectivity index (χ2v) is 10.2. The highest BCUT2D eigenvalue weighted by atomic mass is 32.2. The Morgan fingerprint density at radius 3 is 2.41 bits per heavy atom. The molecule has 0 bridgehead atoms. The van der Waals surface area contributed by atoms with Gasteiger partial charge in [-0.3, -0.25) is 4.79 Å². The van der Waals surface area contributed by atoms with Crippen LogP contribution in [0.4, 0.5) is 5.69 Å². The second-order valence-electron chi connectivity index (χ2n) is 8.27. The normalized spacial score (nSPS) is 20.6. The average molecular weight is 413 g/mol. The van der Waals surface area contributed by atoms with Crippen molar-refractivity contribution in [3.05, 3.63) is 59.7 Å². The molecule has 6 heteroatoms.